The highest BCUT2D eigenvalue weighted by Gasteiger charge is 2.41. The molecule has 0 saturated carbocycles. The number of amides is 1. The number of alkyl halides is 5. The molecule has 4 aromatic rings. The summed E-state index contributed by atoms with van der Waals surface area (Å²) in [6.07, 6.45) is -3.95. The molecule has 1 aliphatic heterocycles. The zero-order chi connectivity index (χ0) is 32.6. The molecule has 1 aliphatic rings. The van der Waals surface area contributed by atoms with Crippen LogP contribution in [-0.2, 0) is 27.3 Å². The van der Waals surface area contributed by atoms with E-state index in [4.69, 9.17) is 0 Å². The summed E-state index contributed by atoms with van der Waals surface area (Å²) < 4.78 is 98.4. The number of H-pyrrole nitrogens is 1. The van der Waals surface area contributed by atoms with Gasteiger partial charge in [-0.15, -0.1) is 13.2 Å². The first-order valence-corrected chi connectivity index (χ1v) is 15.7. The number of halogens is 5. The van der Waals surface area contributed by atoms with Crippen LogP contribution in [0, 0.1) is 0 Å². The van der Waals surface area contributed by atoms with Crippen molar-refractivity contribution in [3.8, 4) is 5.75 Å². The minimum Gasteiger partial charge on any atom is -0.406 e. The molecule has 11 nitrogen and oxygen atoms in total. The second kappa shape index (κ2) is 12.3. The highest BCUT2D eigenvalue weighted by Crippen LogP contribution is 2.32. The Kier molecular flexibility index (Phi) is 8.83. The number of hydrogen-bond donors (Lipinski definition) is 2. The lowest BCUT2D eigenvalue weighted by molar-refractivity contribution is -0.274. The first-order valence-electron chi connectivity index (χ1n) is 13.4. The van der Waals surface area contributed by atoms with Crippen molar-refractivity contribution in [2.24, 2.45) is 0 Å². The molecule has 18 heteroatoms. The summed E-state index contributed by atoms with van der Waals surface area (Å²) in [5, 5.41) is 9.02. The summed E-state index contributed by atoms with van der Waals surface area (Å²) in [5.41, 5.74) is -0.0958. The van der Waals surface area contributed by atoms with Crippen molar-refractivity contribution in [1.82, 2.24) is 24.8 Å². The first kappa shape index (κ1) is 32.2. The van der Waals surface area contributed by atoms with Crippen LogP contribution in [0.25, 0.3) is 10.2 Å². The van der Waals surface area contributed by atoms with Crippen LogP contribution in [-0.4, -0.2) is 65.9 Å². The molecule has 0 bridgehead atoms. The van der Waals surface area contributed by atoms with Crippen molar-refractivity contribution in [2.75, 3.05) is 24.5 Å². The Balaban J connectivity index is 1.40. The molecule has 1 saturated heterocycles. The monoisotopic (exact) mass is 672 g/mol. The number of aromatic amines is 1. The van der Waals surface area contributed by atoms with Crippen molar-refractivity contribution in [2.45, 2.75) is 43.1 Å². The number of benzene rings is 2. The fraction of sp³-hybridized carbons (Fsp3) is 0.333. The number of nitrogens with zero attached hydrogens (tertiary/aromatic N) is 4. The van der Waals surface area contributed by atoms with Gasteiger partial charge in [0.15, 0.2) is 10.6 Å². The number of ether oxygens (including phenoxy) is 1. The van der Waals surface area contributed by atoms with Gasteiger partial charge in [-0.3, -0.25) is 9.59 Å². The summed E-state index contributed by atoms with van der Waals surface area (Å²) in [6, 6.07) is 7.60. The quantitative estimate of drug-likeness (QED) is 0.255. The second-order valence-corrected chi connectivity index (χ2v) is 12.9. The highest BCUT2D eigenvalue weighted by molar-refractivity contribution is 7.89. The van der Waals surface area contributed by atoms with Crippen LogP contribution in [0.4, 0.5) is 27.1 Å². The standard InChI is InChI=1S/C27H25F5N6O5S2/c1-2-26(28,29)17-5-3-16(4-6-17)13-33-23(39)20-15-37(25-35-22-21(44-25)14-34-36-24(22)40)11-12-38(20)45(41,42)19-9-7-18(8-10-19)43-27(30,31)32/h3-10,14,20H,2,11-13,15H2,1H3,(H,33,39)(H,36,40)/t20-/m1/s1. The number of nitrogens with one attached hydrogen (secondary N) is 2. The summed E-state index contributed by atoms with van der Waals surface area (Å²) in [4.78, 5) is 31.3. The van der Waals surface area contributed by atoms with E-state index in [1.54, 1.807) is 4.90 Å². The molecule has 45 heavy (non-hydrogen) atoms. The van der Waals surface area contributed by atoms with Gasteiger partial charge >= 0.3 is 6.36 Å². The minimum atomic E-state index is -4.97. The maximum absolute atomic E-state index is 14.0. The predicted molar refractivity (Wildman–Crippen MR) is 154 cm³/mol. The number of fused-ring (bicyclic) bond motifs is 1. The number of piperazine rings is 1. The molecule has 240 valence electrons. The van der Waals surface area contributed by atoms with E-state index in [1.165, 1.54) is 37.4 Å². The van der Waals surface area contributed by atoms with Crippen LogP contribution in [0.5, 0.6) is 5.75 Å². The number of aromatic nitrogens is 3. The number of hydrogen-bond acceptors (Lipinski definition) is 9. The second-order valence-electron chi connectivity index (χ2n) is 9.98. The lowest BCUT2D eigenvalue weighted by Gasteiger charge is -2.39. The van der Waals surface area contributed by atoms with Crippen molar-refractivity contribution >= 4 is 42.6 Å². The number of sulfonamides is 1. The lowest BCUT2D eigenvalue weighted by Crippen LogP contribution is -2.60. The van der Waals surface area contributed by atoms with Crippen LogP contribution in [0.2, 0.25) is 0 Å². The van der Waals surface area contributed by atoms with E-state index >= 15 is 0 Å². The number of thiazole rings is 1. The maximum Gasteiger partial charge on any atom is 0.573 e. The maximum atomic E-state index is 14.0. The zero-order valence-corrected chi connectivity index (χ0v) is 25.0. The van der Waals surface area contributed by atoms with E-state index in [0.717, 1.165) is 39.9 Å². The van der Waals surface area contributed by atoms with Gasteiger partial charge in [0.2, 0.25) is 15.9 Å². The predicted octanol–water partition coefficient (Wildman–Crippen LogP) is 3.98. The van der Waals surface area contributed by atoms with Crippen LogP contribution in [0.3, 0.4) is 0 Å². The van der Waals surface area contributed by atoms with E-state index in [-0.39, 0.29) is 48.6 Å². The largest absolute Gasteiger partial charge is 0.573 e. The Labute approximate surface area is 256 Å². The summed E-state index contributed by atoms with van der Waals surface area (Å²) in [5.74, 6) is -4.35. The Morgan fingerprint density at radius 3 is 2.40 bits per heavy atom. The molecule has 2 aromatic heterocycles. The lowest BCUT2D eigenvalue weighted by atomic mass is 10.0. The molecule has 2 N–H and O–H groups in total. The smallest absolute Gasteiger partial charge is 0.406 e. The summed E-state index contributed by atoms with van der Waals surface area (Å²) >= 11 is 1.12. The molecule has 1 atom stereocenters. The Hall–Kier alpha value is -4.16. The molecule has 2 aromatic carbocycles. The van der Waals surface area contributed by atoms with Crippen LogP contribution < -0.4 is 20.5 Å². The molecule has 5 rings (SSSR count). The number of carbonyl (C=O) groups is 1. The van der Waals surface area contributed by atoms with Gasteiger partial charge in [0.25, 0.3) is 11.5 Å². The molecule has 3 heterocycles. The van der Waals surface area contributed by atoms with Gasteiger partial charge in [-0.05, 0) is 29.8 Å². The average molecular weight is 673 g/mol. The first-order chi connectivity index (χ1) is 21.2. The zero-order valence-electron chi connectivity index (χ0n) is 23.3. The molecule has 1 fully saturated rings. The normalized spacial score (nSPS) is 16.6. The molecule has 0 unspecified atom stereocenters. The van der Waals surface area contributed by atoms with E-state index < -0.39 is 45.6 Å². The summed E-state index contributed by atoms with van der Waals surface area (Å²) in [6.45, 7) is 0.915. The van der Waals surface area contributed by atoms with E-state index in [2.05, 4.69) is 25.2 Å². The fourth-order valence-electron chi connectivity index (χ4n) is 4.68. The van der Waals surface area contributed by atoms with Gasteiger partial charge < -0.3 is 15.0 Å². The van der Waals surface area contributed by atoms with Gasteiger partial charge in [-0.2, -0.15) is 9.40 Å². The molecular formula is C27H25F5N6O5S2. The van der Waals surface area contributed by atoms with Crippen molar-refractivity contribution in [1.29, 1.82) is 0 Å². The third-order valence-electron chi connectivity index (χ3n) is 7.06. The summed E-state index contributed by atoms with van der Waals surface area (Å²) in [7, 11) is -4.42. The van der Waals surface area contributed by atoms with Crippen LogP contribution in [0.1, 0.15) is 24.5 Å². The van der Waals surface area contributed by atoms with Gasteiger partial charge in [0, 0.05) is 38.2 Å². The van der Waals surface area contributed by atoms with Gasteiger partial charge in [0.05, 0.1) is 15.8 Å². The third kappa shape index (κ3) is 7.07. The third-order valence-corrected chi connectivity index (χ3v) is 10.0. The van der Waals surface area contributed by atoms with Gasteiger partial charge in [-0.1, -0.05) is 42.5 Å². The highest BCUT2D eigenvalue weighted by atomic mass is 32.2. The van der Waals surface area contributed by atoms with Crippen LogP contribution in [0.15, 0.2) is 64.4 Å². The van der Waals surface area contributed by atoms with E-state index in [9.17, 15) is 40.0 Å². The molecule has 1 amide bonds. The average Bonchev–Trinajstić information content (AvgIpc) is 3.45. The molecule has 0 radical (unpaired) electrons. The van der Waals surface area contributed by atoms with Crippen molar-refractivity contribution < 1.29 is 39.9 Å². The van der Waals surface area contributed by atoms with E-state index in [1.807, 2.05) is 0 Å². The van der Waals surface area contributed by atoms with Gasteiger partial charge in [-0.25, -0.2) is 27.3 Å². The van der Waals surface area contributed by atoms with Crippen molar-refractivity contribution in [3.63, 3.8) is 0 Å². The SMILES string of the molecule is CCC(F)(F)c1ccc(CNC(=O)[C@H]2CN(c3nc4c(=O)[nH]ncc4s3)CCN2S(=O)(=O)c2ccc(OC(F)(F)F)cc2)cc1. The Morgan fingerprint density at radius 2 is 1.78 bits per heavy atom. The number of rotatable bonds is 9. The van der Waals surface area contributed by atoms with E-state index in [0.29, 0.717) is 15.4 Å². The Bertz CT molecular complexity index is 1850. The minimum absolute atomic E-state index is 0.0660. The molecule has 0 spiro atoms. The Morgan fingerprint density at radius 1 is 1.09 bits per heavy atom. The number of anilines is 1. The topological polar surface area (TPSA) is 138 Å². The van der Waals surface area contributed by atoms with Gasteiger partial charge in [0.1, 0.15) is 11.8 Å². The number of carbonyl (C=O) groups excluding carboxylic acids is 1. The van der Waals surface area contributed by atoms with Crippen LogP contribution >= 0.6 is 11.3 Å². The molecule has 0 aliphatic carbocycles. The molecular weight excluding hydrogens is 647 g/mol. The van der Waals surface area contributed by atoms with Crippen molar-refractivity contribution in [3.05, 3.63) is 76.2 Å². The fourth-order valence-corrected chi connectivity index (χ4v) is 7.21.